The summed E-state index contributed by atoms with van der Waals surface area (Å²) in [6.45, 7) is 0.0677. The van der Waals surface area contributed by atoms with Gasteiger partial charge in [0, 0.05) is 6.54 Å². The predicted molar refractivity (Wildman–Crippen MR) is 98.8 cm³/mol. The quantitative estimate of drug-likeness (QED) is 0.653. The monoisotopic (exact) mass is 389 g/mol. The minimum atomic E-state index is -3.63. The Labute approximate surface area is 156 Å². The molecule has 4 nitrogen and oxygen atoms in total. The molecule has 3 rings (SSSR count). The topological polar surface area (TPSA) is 55.4 Å². The Morgan fingerprint density at radius 2 is 1.48 bits per heavy atom. The lowest BCUT2D eigenvalue weighted by Gasteiger charge is -2.10. The minimum absolute atomic E-state index is 0.0677. The van der Waals surface area contributed by atoms with Gasteiger partial charge in [-0.1, -0.05) is 24.3 Å². The number of nitrogens with one attached hydrogen (secondary N) is 1. The summed E-state index contributed by atoms with van der Waals surface area (Å²) in [5.74, 6) is -0.169. The van der Waals surface area contributed by atoms with E-state index in [1.165, 1.54) is 42.5 Å². The smallest absolute Gasteiger partial charge is 0.216 e. The van der Waals surface area contributed by atoms with E-state index in [0.29, 0.717) is 22.6 Å². The van der Waals surface area contributed by atoms with Gasteiger partial charge in [-0.25, -0.2) is 21.9 Å². The van der Waals surface area contributed by atoms with Crippen LogP contribution < -0.4 is 9.46 Å². The largest absolute Gasteiger partial charge is 0.457 e. The van der Waals surface area contributed by atoms with E-state index in [9.17, 15) is 17.2 Å². The van der Waals surface area contributed by atoms with E-state index in [4.69, 9.17) is 4.74 Å². The third kappa shape index (κ3) is 5.87. The molecular formula is C20H17F2NO3S. The van der Waals surface area contributed by atoms with Crippen LogP contribution in [0.15, 0.2) is 72.8 Å². The average molecular weight is 389 g/mol. The highest BCUT2D eigenvalue weighted by Crippen LogP contribution is 2.22. The zero-order chi connectivity index (χ0) is 19.3. The fourth-order valence-corrected chi connectivity index (χ4v) is 3.56. The number of rotatable bonds is 7. The molecule has 0 aromatic heterocycles. The molecule has 0 aliphatic heterocycles. The third-order valence-electron chi connectivity index (χ3n) is 3.69. The van der Waals surface area contributed by atoms with Gasteiger partial charge in [0.25, 0.3) is 0 Å². The van der Waals surface area contributed by atoms with Crippen LogP contribution >= 0.6 is 0 Å². The maximum Gasteiger partial charge on any atom is 0.216 e. The Morgan fingerprint density at radius 1 is 0.778 bits per heavy atom. The molecule has 3 aromatic carbocycles. The second-order valence-corrected chi connectivity index (χ2v) is 7.72. The van der Waals surface area contributed by atoms with Gasteiger partial charge in [0.15, 0.2) is 0 Å². The van der Waals surface area contributed by atoms with E-state index in [0.717, 1.165) is 0 Å². The Kier molecular flexibility index (Phi) is 5.83. The zero-order valence-electron chi connectivity index (χ0n) is 14.2. The number of benzene rings is 3. The van der Waals surface area contributed by atoms with Crippen molar-refractivity contribution in [1.29, 1.82) is 0 Å². The van der Waals surface area contributed by atoms with Crippen molar-refractivity contribution in [3.8, 4) is 11.5 Å². The van der Waals surface area contributed by atoms with Crippen LogP contribution in [0, 0.1) is 11.6 Å². The first kappa shape index (κ1) is 19.0. The van der Waals surface area contributed by atoms with Crippen molar-refractivity contribution in [3.05, 3.63) is 95.6 Å². The highest BCUT2D eigenvalue weighted by molar-refractivity contribution is 7.88. The van der Waals surface area contributed by atoms with E-state index < -0.39 is 15.8 Å². The molecule has 0 unspecified atom stereocenters. The number of hydrogen-bond acceptors (Lipinski definition) is 3. The van der Waals surface area contributed by atoms with Crippen molar-refractivity contribution < 1.29 is 21.9 Å². The number of hydrogen-bond donors (Lipinski definition) is 1. The van der Waals surface area contributed by atoms with E-state index in [2.05, 4.69) is 4.72 Å². The fraction of sp³-hybridized carbons (Fsp3) is 0.100. The average Bonchev–Trinajstić information content (AvgIpc) is 2.62. The first-order valence-corrected chi connectivity index (χ1v) is 9.79. The number of sulfonamides is 1. The van der Waals surface area contributed by atoms with Gasteiger partial charge in [0.2, 0.25) is 10.0 Å². The van der Waals surface area contributed by atoms with Crippen LogP contribution in [-0.2, 0) is 22.3 Å². The van der Waals surface area contributed by atoms with Crippen molar-refractivity contribution in [3.63, 3.8) is 0 Å². The van der Waals surface area contributed by atoms with Crippen molar-refractivity contribution in [2.75, 3.05) is 0 Å². The second kappa shape index (κ2) is 8.28. The summed E-state index contributed by atoms with van der Waals surface area (Å²) in [4.78, 5) is 0. The van der Waals surface area contributed by atoms with Crippen LogP contribution in [-0.4, -0.2) is 8.42 Å². The lowest BCUT2D eigenvalue weighted by molar-refractivity contribution is 0.479. The molecule has 0 saturated carbocycles. The number of halogens is 2. The molecule has 0 aliphatic rings. The van der Waals surface area contributed by atoms with Gasteiger partial charge in [-0.05, 0) is 59.7 Å². The fourth-order valence-electron chi connectivity index (χ4n) is 2.45. The Balaban J connectivity index is 1.63. The van der Waals surface area contributed by atoms with E-state index in [-0.39, 0.29) is 18.1 Å². The summed E-state index contributed by atoms with van der Waals surface area (Å²) in [5, 5.41) is 0. The molecule has 0 spiro atoms. The first-order chi connectivity index (χ1) is 12.9. The molecular weight excluding hydrogens is 372 g/mol. The van der Waals surface area contributed by atoms with Gasteiger partial charge in [-0.15, -0.1) is 0 Å². The van der Waals surface area contributed by atoms with Crippen LogP contribution in [0.3, 0.4) is 0 Å². The normalized spacial score (nSPS) is 11.3. The van der Waals surface area contributed by atoms with Crippen molar-refractivity contribution in [2.45, 2.75) is 12.3 Å². The molecule has 3 aromatic rings. The highest BCUT2D eigenvalue weighted by atomic mass is 32.2. The molecule has 0 fully saturated rings. The second-order valence-electron chi connectivity index (χ2n) is 5.91. The molecule has 27 heavy (non-hydrogen) atoms. The molecule has 140 valence electrons. The van der Waals surface area contributed by atoms with Gasteiger partial charge < -0.3 is 4.74 Å². The molecule has 0 atom stereocenters. The van der Waals surface area contributed by atoms with Crippen LogP contribution in [0.5, 0.6) is 11.5 Å². The van der Waals surface area contributed by atoms with Crippen LogP contribution in [0.25, 0.3) is 0 Å². The van der Waals surface area contributed by atoms with Crippen molar-refractivity contribution >= 4 is 10.0 Å². The summed E-state index contributed by atoms with van der Waals surface area (Å²) in [5.41, 5.74) is 1.06. The Bertz CT molecular complexity index is 1020. The van der Waals surface area contributed by atoms with Crippen molar-refractivity contribution in [2.24, 2.45) is 0 Å². The highest BCUT2D eigenvalue weighted by Gasteiger charge is 2.12. The summed E-state index contributed by atoms with van der Waals surface area (Å²) >= 11 is 0. The maximum atomic E-state index is 13.2. The SMILES string of the molecule is O=S(=O)(Cc1cccc(F)c1)NCc1cccc(Oc2ccc(F)cc2)c1. The van der Waals surface area contributed by atoms with Crippen LogP contribution in [0.1, 0.15) is 11.1 Å². The van der Waals surface area contributed by atoms with Crippen LogP contribution in [0.4, 0.5) is 8.78 Å². The molecule has 1 N–H and O–H groups in total. The van der Waals surface area contributed by atoms with Gasteiger partial charge >= 0.3 is 0 Å². The summed E-state index contributed by atoms with van der Waals surface area (Å²) in [6, 6.07) is 18.0. The Hall–Kier alpha value is -2.77. The summed E-state index contributed by atoms with van der Waals surface area (Å²) in [6.07, 6.45) is 0. The molecule has 0 radical (unpaired) electrons. The molecule has 7 heteroatoms. The summed E-state index contributed by atoms with van der Waals surface area (Å²) < 4.78 is 58.6. The lowest BCUT2D eigenvalue weighted by atomic mass is 10.2. The van der Waals surface area contributed by atoms with E-state index >= 15 is 0 Å². The van der Waals surface area contributed by atoms with Crippen LogP contribution in [0.2, 0.25) is 0 Å². The van der Waals surface area contributed by atoms with Gasteiger partial charge in [0.05, 0.1) is 5.75 Å². The van der Waals surface area contributed by atoms with Gasteiger partial charge in [-0.3, -0.25) is 0 Å². The van der Waals surface area contributed by atoms with Gasteiger partial charge in [0.1, 0.15) is 23.1 Å². The maximum absolute atomic E-state index is 13.2. The minimum Gasteiger partial charge on any atom is -0.457 e. The van der Waals surface area contributed by atoms with E-state index in [1.54, 1.807) is 30.3 Å². The predicted octanol–water partition coefficient (Wildman–Crippen LogP) is 4.38. The lowest BCUT2D eigenvalue weighted by Crippen LogP contribution is -2.24. The Morgan fingerprint density at radius 3 is 2.22 bits per heavy atom. The molecule has 0 saturated heterocycles. The van der Waals surface area contributed by atoms with Crippen molar-refractivity contribution in [1.82, 2.24) is 4.72 Å². The molecule has 0 bridgehead atoms. The molecule has 0 aliphatic carbocycles. The standard InChI is InChI=1S/C20H17F2NO3S/c21-17-7-9-19(10-8-17)26-20-6-2-3-15(12-20)13-23-27(24,25)14-16-4-1-5-18(22)11-16/h1-12,23H,13-14H2. The molecule has 0 amide bonds. The third-order valence-corrected chi connectivity index (χ3v) is 4.99. The first-order valence-electron chi connectivity index (χ1n) is 8.14. The molecule has 0 heterocycles. The summed E-state index contributed by atoms with van der Waals surface area (Å²) in [7, 11) is -3.63. The van der Waals surface area contributed by atoms with E-state index in [1.807, 2.05) is 0 Å². The van der Waals surface area contributed by atoms with Gasteiger partial charge in [-0.2, -0.15) is 0 Å². The number of ether oxygens (including phenoxy) is 1. The zero-order valence-corrected chi connectivity index (χ0v) is 15.0.